The van der Waals surface area contributed by atoms with Crippen LogP contribution in [0.1, 0.15) is 10.4 Å². The lowest BCUT2D eigenvalue weighted by Gasteiger charge is -2.11. The average molecular weight is 389 g/mol. The van der Waals surface area contributed by atoms with Gasteiger partial charge in [0, 0.05) is 11.6 Å². The molecular weight excluding hydrogens is 378 g/mol. The van der Waals surface area contributed by atoms with E-state index in [2.05, 4.69) is 10.5 Å². The van der Waals surface area contributed by atoms with Crippen molar-refractivity contribution in [2.75, 3.05) is 5.32 Å². The maximum Gasteiger partial charge on any atom is 0.259 e. The standard InChI is InChI=1S/C19H11ClF2N2O3/c20-15-9-12(24-27)3-5-17(15)23-19(26)14-7-10(1-6-18(14)25)13-4-2-11(21)8-16(13)22/h1-9,25H,(H,23,26). The molecule has 1 amide bonds. The highest BCUT2D eigenvalue weighted by Crippen LogP contribution is 2.31. The molecule has 0 radical (unpaired) electrons. The second-order valence-electron chi connectivity index (χ2n) is 5.57. The fourth-order valence-electron chi connectivity index (χ4n) is 2.46. The van der Waals surface area contributed by atoms with Crippen LogP contribution in [0.25, 0.3) is 11.1 Å². The number of anilines is 1. The molecule has 0 heterocycles. The Labute approximate surface area is 157 Å². The van der Waals surface area contributed by atoms with Gasteiger partial charge in [0.05, 0.1) is 16.3 Å². The number of nitrogens with one attached hydrogen (secondary N) is 1. The lowest BCUT2D eigenvalue weighted by Crippen LogP contribution is -2.12. The molecule has 3 aromatic rings. The van der Waals surface area contributed by atoms with Crippen molar-refractivity contribution in [2.24, 2.45) is 5.18 Å². The molecule has 0 aliphatic rings. The van der Waals surface area contributed by atoms with Gasteiger partial charge in [0.25, 0.3) is 5.91 Å². The number of hydrogen-bond donors (Lipinski definition) is 2. The summed E-state index contributed by atoms with van der Waals surface area (Å²) in [6.07, 6.45) is 0. The molecule has 8 heteroatoms. The Bertz CT molecular complexity index is 1060. The van der Waals surface area contributed by atoms with Crippen LogP contribution in [0.15, 0.2) is 59.8 Å². The molecule has 3 rings (SSSR count). The van der Waals surface area contributed by atoms with Crippen LogP contribution in [0.3, 0.4) is 0 Å². The largest absolute Gasteiger partial charge is 0.507 e. The first-order chi connectivity index (χ1) is 12.9. The highest BCUT2D eigenvalue weighted by atomic mass is 35.5. The molecule has 3 aromatic carbocycles. The number of carbonyl (C=O) groups is 1. The number of amides is 1. The van der Waals surface area contributed by atoms with Crippen LogP contribution < -0.4 is 5.32 Å². The minimum absolute atomic E-state index is 0.0740. The van der Waals surface area contributed by atoms with E-state index in [1.54, 1.807) is 0 Å². The van der Waals surface area contributed by atoms with Gasteiger partial charge in [0.15, 0.2) is 0 Å². The lowest BCUT2D eigenvalue weighted by atomic mass is 10.0. The summed E-state index contributed by atoms with van der Waals surface area (Å²) < 4.78 is 27.1. The van der Waals surface area contributed by atoms with Crippen molar-refractivity contribution in [3.8, 4) is 16.9 Å². The van der Waals surface area contributed by atoms with Gasteiger partial charge in [0.2, 0.25) is 0 Å². The third-order valence-corrected chi connectivity index (χ3v) is 4.10. The van der Waals surface area contributed by atoms with E-state index in [9.17, 15) is 23.6 Å². The summed E-state index contributed by atoms with van der Waals surface area (Å²) in [5, 5.41) is 15.3. The Kier molecular flexibility index (Phi) is 5.14. The first kappa shape index (κ1) is 18.5. The first-order valence-electron chi connectivity index (χ1n) is 7.61. The molecule has 0 aromatic heterocycles. The van der Waals surface area contributed by atoms with E-state index >= 15 is 0 Å². The van der Waals surface area contributed by atoms with E-state index < -0.39 is 17.5 Å². The van der Waals surface area contributed by atoms with Crippen molar-refractivity contribution in [3.63, 3.8) is 0 Å². The van der Waals surface area contributed by atoms with E-state index in [1.807, 2.05) is 0 Å². The highest BCUT2D eigenvalue weighted by Gasteiger charge is 2.16. The van der Waals surface area contributed by atoms with Gasteiger partial charge in [-0.3, -0.25) is 4.79 Å². The van der Waals surface area contributed by atoms with Crippen molar-refractivity contribution in [1.29, 1.82) is 0 Å². The molecule has 0 aliphatic carbocycles. The van der Waals surface area contributed by atoms with Crippen LogP contribution >= 0.6 is 11.6 Å². The topological polar surface area (TPSA) is 78.8 Å². The minimum atomic E-state index is -0.799. The molecule has 0 spiro atoms. The molecule has 0 aliphatic heterocycles. The number of rotatable bonds is 4. The van der Waals surface area contributed by atoms with Gasteiger partial charge in [0.1, 0.15) is 23.1 Å². The molecule has 0 atom stereocenters. The number of phenols is 1. The smallest absolute Gasteiger partial charge is 0.259 e. The normalized spacial score (nSPS) is 10.5. The molecule has 27 heavy (non-hydrogen) atoms. The van der Waals surface area contributed by atoms with E-state index in [0.717, 1.165) is 12.1 Å². The fraction of sp³-hybridized carbons (Fsp3) is 0. The Morgan fingerprint density at radius 2 is 1.81 bits per heavy atom. The van der Waals surface area contributed by atoms with Crippen LogP contribution in [0, 0.1) is 16.5 Å². The molecule has 5 nitrogen and oxygen atoms in total. The summed E-state index contributed by atoms with van der Waals surface area (Å²) >= 11 is 5.98. The number of phenolic OH excluding ortho intramolecular Hbond substituents is 1. The predicted octanol–water partition coefficient (Wildman–Crippen LogP) is 5.64. The van der Waals surface area contributed by atoms with E-state index in [1.165, 1.54) is 42.5 Å². The van der Waals surface area contributed by atoms with Crippen LogP contribution in [0.2, 0.25) is 5.02 Å². The predicted molar refractivity (Wildman–Crippen MR) is 98.3 cm³/mol. The van der Waals surface area contributed by atoms with Gasteiger partial charge < -0.3 is 10.4 Å². The maximum absolute atomic E-state index is 14.0. The second kappa shape index (κ2) is 7.51. The molecule has 0 saturated carbocycles. The van der Waals surface area contributed by atoms with E-state index in [4.69, 9.17) is 11.6 Å². The van der Waals surface area contributed by atoms with Crippen molar-refractivity contribution >= 4 is 28.9 Å². The van der Waals surface area contributed by atoms with Crippen LogP contribution in [-0.4, -0.2) is 11.0 Å². The monoisotopic (exact) mass is 388 g/mol. The van der Waals surface area contributed by atoms with E-state index in [0.29, 0.717) is 0 Å². The Morgan fingerprint density at radius 1 is 1.04 bits per heavy atom. The van der Waals surface area contributed by atoms with Crippen LogP contribution in [0.4, 0.5) is 20.2 Å². The van der Waals surface area contributed by atoms with Gasteiger partial charge in [-0.25, -0.2) is 8.78 Å². The summed E-state index contributed by atoms with van der Waals surface area (Å²) in [5.41, 5.74) is 0.512. The number of nitroso groups, excluding NO2 is 1. The molecule has 0 bridgehead atoms. The number of nitrogens with zero attached hydrogens (tertiary/aromatic N) is 1. The highest BCUT2D eigenvalue weighted by molar-refractivity contribution is 6.34. The van der Waals surface area contributed by atoms with Crippen LogP contribution in [-0.2, 0) is 0 Å². The summed E-state index contributed by atoms with van der Waals surface area (Å²) in [6.45, 7) is 0. The number of carbonyl (C=O) groups excluding carboxylic acids is 1. The zero-order chi connectivity index (χ0) is 19.6. The van der Waals surface area contributed by atoms with Gasteiger partial charge >= 0.3 is 0 Å². The van der Waals surface area contributed by atoms with Gasteiger partial charge in [-0.1, -0.05) is 17.7 Å². The fourth-order valence-corrected chi connectivity index (χ4v) is 2.68. The van der Waals surface area contributed by atoms with Gasteiger partial charge in [-0.15, -0.1) is 4.91 Å². The van der Waals surface area contributed by atoms with Crippen LogP contribution in [0.5, 0.6) is 5.75 Å². The number of halogens is 3. The molecule has 0 saturated heterocycles. The second-order valence-corrected chi connectivity index (χ2v) is 5.97. The SMILES string of the molecule is O=Nc1ccc(NC(=O)c2cc(-c3ccc(F)cc3F)ccc2O)c(Cl)c1. The first-order valence-corrected chi connectivity index (χ1v) is 7.99. The molecule has 136 valence electrons. The van der Waals surface area contributed by atoms with Gasteiger partial charge in [-0.05, 0) is 53.2 Å². The third-order valence-electron chi connectivity index (χ3n) is 3.79. The molecular formula is C19H11ClF2N2O3. The van der Waals surface area contributed by atoms with Gasteiger partial charge in [-0.2, -0.15) is 0 Å². The Hall–Kier alpha value is -3.32. The zero-order valence-electron chi connectivity index (χ0n) is 13.5. The maximum atomic E-state index is 14.0. The lowest BCUT2D eigenvalue weighted by molar-refractivity contribution is 0.102. The Balaban J connectivity index is 1.94. The summed E-state index contributed by atoms with van der Waals surface area (Å²) in [6, 6.07) is 11.0. The quantitative estimate of drug-likeness (QED) is 0.567. The zero-order valence-corrected chi connectivity index (χ0v) is 14.3. The molecule has 0 fully saturated rings. The number of aromatic hydroxyl groups is 1. The summed E-state index contributed by atoms with van der Waals surface area (Å²) in [7, 11) is 0. The van der Waals surface area contributed by atoms with E-state index in [-0.39, 0.29) is 38.8 Å². The summed E-state index contributed by atoms with van der Waals surface area (Å²) in [4.78, 5) is 23.0. The van der Waals surface area contributed by atoms with Crippen molar-refractivity contribution < 1.29 is 18.7 Å². The molecule has 0 unspecified atom stereocenters. The van der Waals surface area contributed by atoms with Crippen molar-refractivity contribution in [2.45, 2.75) is 0 Å². The average Bonchev–Trinajstić information content (AvgIpc) is 2.64. The Morgan fingerprint density at radius 3 is 2.48 bits per heavy atom. The third kappa shape index (κ3) is 3.93. The van der Waals surface area contributed by atoms with Crippen molar-refractivity contribution in [3.05, 3.63) is 81.7 Å². The number of benzene rings is 3. The minimum Gasteiger partial charge on any atom is -0.507 e. The molecule has 2 N–H and O–H groups in total. The van der Waals surface area contributed by atoms with Crippen molar-refractivity contribution in [1.82, 2.24) is 0 Å². The number of hydrogen-bond acceptors (Lipinski definition) is 4. The summed E-state index contributed by atoms with van der Waals surface area (Å²) in [5.74, 6) is -2.56.